The lowest BCUT2D eigenvalue weighted by atomic mass is 9.82. The maximum atomic E-state index is 6.88. The Morgan fingerprint density at radius 2 is 1.32 bits per heavy atom. The standard InChI is InChI=1S/C22H16Cl2O/c23-22(24)20-19(15-9-3-1-4-10-15)17-13-7-8-14-18(17)25-21(20,22)16-11-5-2-6-12-16/h1-14,19-20H/t19-,20+,21-/m0/s1. The van der Waals surface area contributed by atoms with Gasteiger partial charge in [0, 0.05) is 11.5 Å². The Kier molecular flexibility index (Phi) is 3.22. The summed E-state index contributed by atoms with van der Waals surface area (Å²) in [7, 11) is 0. The van der Waals surface area contributed by atoms with Gasteiger partial charge in [0.2, 0.25) is 0 Å². The summed E-state index contributed by atoms with van der Waals surface area (Å²) in [6, 6.07) is 28.7. The molecule has 5 rings (SSSR count). The third-order valence-electron chi connectivity index (χ3n) is 5.46. The highest BCUT2D eigenvalue weighted by Gasteiger charge is 2.83. The van der Waals surface area contributed by atoms with Gasteiger partial charge in [0.15, 0.2) is 9.93 Å². The minimum absolute atomic E-state index is 0.0389. The first-order chi connectivity index (χ1) is 12.2. The van der Waals surface area contributed by atoms with Gasteiger partial charge in [-0.2, -0.15) is 0 Å². The van der Waals surface area contributed by atoms with E-state index in [-0.39, 0.29) is 11.8 Å². The fraction of sp³-hybridized carbons (Fsp3) is 0.182. The summed E-state index contributed by atoms with van der Waals surface area (Å²) in [5, 5.41) is 0. The fourth-order valence-electron chi connectivity index (χ4n) is 4.31. The number of rotatable bonds is 2. The third-order valence-corrected chi connectivity index (χ3v) is 6.49. The van der Waals surface area contributed by atoms with E-state index in [1.54, 1.807) is 0 Å². The number of hydrogen-bond acceptors (Lipinski definition) is 1. The molecule has 1 nitrogen and oxygen atoms in total. The molecule has 2 aliphatic rings. The van der Waals surface area contributed by atoms with E-state index in [1.807, 2.05) is 42.5 Å². The van der Waals surface area contributed by atoms with Gasteiger partial charge in [0.05, 0.1) is 5.92 Å². The second-order valence-corrected chi connectivity index (χ2v) is 8.12. The highest BCUT2D eigenvalue weighted by Crippen LogP contribution is 2.77. The summed E-state index contributed by atoms with van der Waals surface area (Å²) >= 11 is 13.8. The maximum absolute atomic E-state index is 6.88. The monoisotopic (exact) mass is 366 g/mol. The molecule has 1 aliphatic carbocycles. The molecule has 124 valence electrons. The van der Waals surface area contributed by atoms with Crippen molar-refractivity contribution in [2.75, 3.05) is 0 Å². The predicted molar refractivity (Wildman–Crippen MR) is 101 cm³/mol. The molecule has 0 amide bonds. The Morgan fingerprint density at radius 3 is 2.04 bits per heavy atom. The Balaban J connectivity index is 1.75. The molecule has 1 heterocycles. The van der Waals surface area contributed by atoms with Crippen LogP contribution in [0.1, 0.15) is 22.6 Å². The van der Waals surface area contributed by atoms with Gasteiger partial charge in [-0.15, -0.1) is 0 Å². The van der Waals surface area contributed by atoms with Gasteiger partial charge < -0.3 is 4.74 Å². The van der Waals surface area contributed by atoms with Crippen molar-refractivity contribution in [1.29, 1.82) is 0 Å². The van der Waals surface area contributed by atoms with Gasteiger partial charge in [-0.1, -0.05) is 102 Å². The largest absolute Gasteiger partial charge is 0.479 e. The molecule has 25 heavy (non-hydrogen) atoms. The van der Waals surface area contributed by atoms with Crippen molar-refractivity contribution in [3.05, 3.63) is 102 Å². The van der Waals surface area contributed by atoms with E-state index in [9.17, 15) is 0 Å². The van der Waals surface area contributed by atoms with Gasteiger partial charge in [-0.3, -0.25) is 0 Å². The van der Waals surface area contributed by atoms with Gasteiger partial charge in [0.1, 0.15) is 5.75 Å². The van der Waals surface area contributed by atoms with Crippen LogP contribution in [0.5, 0.6) is 5.75 Å². The molecule has 1 saturated carbocycles. The molecule has 3 aromatic carbocycles. The van der Waals surface area contributed by atoms with Gasteiger partial charge in [0.25, 0.3) is 0 Å². The smallest absolute Gasteiger partial charge is 0.174 e. The molecule has 0 aromatic heterocycles. The Labute approximate surface area is 157 Å². The van der Waals surface area contributed by atoms with E-state index in [1.165, 1.54) is 5.56 Å². The molecule has 0 bridgehead atoms. The summed E-state index contributed by atoms with van der Waals surface area (Å²) < 4.78 is 5.50. The zero-order valence-corrected chi connectivity index (χ0v) is 14.9. The van der Waals surface area contributed by atoms with Crippen LogP contribution in [0.2, 0.25) is 0 Å². The van der Waals surface area contributed by atoms with Crippen molar-refractivity contribution in [3.8, 4) is 5.75 Å². The number of benzene rings is 3. The second kappa shape index (κ2) is 5.27. The molecule has 3 heteroatoms. The lowest BCUT2D eigenvalue weighted by molar-refractivity contribution is 0.137. The summed E-state index contributed by atoms with van der Waals surface area (Å²) in [5.74, 6) is 0.920. The fourth-order valence-corrected chi connectivity index (χ4v) is 5.29. The van der Waals surface area contributed by atoms with E-state index in [2.05, 4.69) is 42.5 Å². The summed E-state index contributed by atoms with van der Waals surface area (Å²) in [4.78, 5) is 0. The van der Waals surface area contributed by atoms with Crippen LogP contribution in [0.4, 0.5) is 0 Å². The third kappa shape index (κ3) is 1.97. The molecule has 3 aromatic rings. The quantitative estimate of drug-likeness (QED) is 0.512. The highest BCUT2D eigenvalue weighted by molar-refractivity contribution is 6.52. The minimum Gasteiger partial charge on any atom is -0.479 e. The molecule has 1 aliphatic heterocycles. The van der Waals surface area contributed by atoms with Crippen molar-refractivity contribution in [2.24, 2.45) is 5.92 Å². The number of hydrogen-bond donors (Lipinski definition) is 0. The van der Waals surface area contributed by atoms with Gasteiger partial charge >= 0.3 is 0 Å². The van der Waals surface area contributed by atoms with E-state index in [0.717, 1.165) is 16.9 Å². The van der Waals surface area contributed by atoms with Crippen molar-refractivity contribution in [2.45, 2.75) is 15.9 Å². The SMILES string of the molecule is ClC1(Cl)[C@@H]2[C@@H](c3ccccc3)c3ccccc3O[C@@]21c1ccccc1. The highest BCUT2D eigenvalue weighted by atomic mass is 35.5. The molecule has 0 spiro atoms. The number of fused-ring (bicyclic) bond motifs is 2. The van der Waals surface area contributed by atoms with Crippen molar-refractivity contribution < 1.29 is 4.74 Å². The first-order valence-electron chi connectivity index (χ1n) is 8.42. The predicted octanol–water partition coefficient (Wildman–Crippen LogP) is 5.91. The lowest BCUT2D eigenvalue weighted by Crippen LogP contribution is -2.28. The average molecular weight is 367 g/mol. The zero-order chi connectivity index (χ0) is 17.1. The molecule has 0 radical (unpaired) electrons. The topological polar surface area (TPSA) is 9.23 Å². The normalized spacial score (nSPS) is 28.4. The molecule has 1 fully saturated rings. The molecule has 3 atom stereocenters. The minimum atomic E-state index is -0.978. The van der Waals surface area contributed by atoms with Crippen molar-refractivity contribution >= 4 is 23.2 Å². The van der Waals surface area contributed by atoms with Crippen molar-refractivity contribution in [3.63, 3.8) is 0 Å². The van der Waals surface area contributed by atoms with Crippen LogP contribution in [0.15, 0.2) is 84.9 Å². The van der Waals surface area contributed by atoms with Crippen LogP contribution in [0.25, 0.3) is 0 Å². The first kappa shape index (κ1) is 15.3. The maximum Gasteiger partial charge on any atom is 0.174 e. The second-order valence-electron chi connectivity index (χ2n) is 6.73. The zero-order valence-electron chi connectivity index (χ0n) is 13.4. The van der Waals surface area contributed by atoms with E-state index < -0.39 is 9.93 Å². The van der Waals surface area contributed by atoms with Gasteiger partial charge in [-0.05, 0) is 17.2 Å². The number of para-hydroxylation sites is 1. The molecular formula is C22H16Cl2O. The Morgan fingerprint density at radius 1 is 0.720 bits per heavy atom. The van der Waals surface area contributed by atoms with E-state index in [0.29, 0.717) is 0 Å². The lowest BCUT2D eigenvalue weighted by Gasteiger charge is -2.31. The van der Waals surface area contributed by atoms with Gasteiger partial charge in [-0.25, -0.2) is 0 Å². The Bertz CT molecular complexity index is 923. The molecular weight excluding hydrogens is 351 g/mol. The number of ether oxygens (including phenoxy) is 1. The summed E-state index contributed by atoms with van der Waals surface area (Å²) in [6.45, 7) is 0. The van der Waals surface area contributed by atoms with Crippen LogP contribution >= 0.6 is 23.2 Å². The van der Waals surface area contributed by atoms with E-state index >= 15 is 0 Å². The molecule has 0 N–H and O–H groups in total. The first-order valence-corrected chi connectivity index (χ1v) is 9.18. The number of alkyl halides is 2. The summed E-state index contributed by atoms with van der Waals surface area (Å²) in [5.41, 5.74) is 2.67. The van der Waals surface area contributed by atoms with Crippen LogP contribution < -0.4 is 4.74 Å². The van der Waals surface area contributed by atoms with Crippen LogP contribution in [-0.2, 0) is 5.60 Å². The molecule has 0 unspecified atom stereocenters. The van der Waals surface area contributed by atoms with Crippen LogP contribution in [-0.4, -0.2) is 4.33 Å². The van der Waals surface area contributed by atoms with Crippen LogP contribution in [0, 0.1) is 5.92 Å². The van der Waals surface area contributed by atoms with Crippen LogP contribution in [0.3, 0.4) is 0 Å². The number of halogens is 2. The van der Waals surface area contributed by atoms with E-state index in [4.69, 9.17) is 27.9 Å². The average Bonchev–Trinajstić information content (AvgIpc) is 3.17. The Hall–Kier alpha value is -1.96. The molecule has 0 saturated heterocycles. The van der Waals surface area contributed by atoms with Crippen molar-refractivity contribution in [1.82, 2.24) is 0 Å². The summed E-state index contributed by atoms with van der Waals surface area (Å²) in [6.07, 6.45) is 0.